The van der Waals surface area contributed by atoms with Gasteiger partial charge >= 0.3 is 23.9 Å². The minimum Gasteiger partial charge on any atom is -0.464 e. The molecular formula is C14H14N2O7. The topological polar surface area (TPSA) is 121 Å². The molecule has 3 aliphatic rings. The summed E-state index contributed by atoms with van der Waals surface area (Å²) in [6.45, 7) is 0. The van der Waals surface area contributed by atoms with Gasteiger partial charge < -0.3 is 14.2 Å². The first-order valence-corrected chi connectivity index (χ1v) is 7.05. The fraction of sp³-hybridized carbons (Fsp3) is 0.571. The monoisotopic (exact) mass is 322 g/mol. The Hall–Kier alpha value is -2.58. The summed E-state index contributed by atoms with van der Waals surface area (Å²) in [5.41, 5.74) is 0.0755. The third-order valence-electron chi connectivity index (χ3n) is 4.55. The minimum atomic E-state index is -0.677. The Morgan fingerprint density at radius 1 is 0.870 bits per heavy atom. The fourth-order valence-corrected chi connectivity index (χ4v) is 3.43. The molecule has 122 valence electrons. The molecule has 0 N–H and O–H groups in total. The Balaban J connectivity index is 1.99. The number of carbonyl (C=O) groups is 4. The van der Waals surface area contributed by atoms with E-state index in [0.717, 1.165) is 0 Å². The average molecular weight is 322 g/mol. The van der Waals surface area contributed by atoms with Crippen molar-refractivity contribution >= 4 is 35.3 Å². The molecule has 23 heavy (non-hydrogen) atoms. The molecule has 1 saturated heterocycles. The van der Waals surface area contributed by atoms with Crippen molar-refractivity contribution in [2.75, 3.05) is 14.2 Å². The SMILES string of the molecule is COC(=O)C1=NN=C(C(=O)OC)C2CC3C(=O)OC(=O)C3CC12. The van der Waals surface area contributed by atoms with Crippen LogP contribution in [0, 0.1) is 23.7 Å². The third kappa shape index (κ3) is 2.32. The van der Waals surface area contributed by atoms with Gasteiger partial charge in [0.05, 0.1) is 26.1 Å². The Bertz CT molecular complexity index is 610. The van der Waals surface area contributed by atoms with E-state index in [1.165, 1.54) is 14.2 Å². The summed E-state index contributed by atoms with van der Waals surface area (Å²) in [6.07, 6.45) is 0.341. The van der Waals surface area contributed by atoms with Gasteiger partial charge in [-0.25, -0.2) is 9.59 Å². The lowest BCUT2D eigenvalue weighted by Gasteiger charge is -2.36. The summed E-state index contributed by atoms with van der Waals surface area (Å²) in [4.78, 5) is 47.3. The highest BCUT2D eigenvalue weighted by atomic mass is 16.6. The third-order valence-corrected chi connectivity index (χ3v) is 4.55. The van der Waals surface area contributed by atoms with Gasteiger partial charge in [0.15, 0.2) is 11.4 Å². The first-order valence-electron chi connectivity index (χ1n) is 7.05. The average Bonchev–Trinajstić information content (AvgIpc) is 2.84. The second-order valence-electron chi connectivity index (χ2n) is 5.59. The molecular weight excluding hydrogens is 308 g/mol. The molecule has 0 radical (unpaired) electrons. The molecule has 0 aromatic rings. The van der Waals surface area contributed by atoms with Gasteiger partial charge in [-0.05, 0) is 12.8 Å². The maximum atomic E-state index is 11.9. The molecule has 4 atom stereocenters. The van der Waals surface area contributed by atoms with Crippen LogP contribution < -0.4 is 0 Å². The van der Waals surface area contributed by atoms with Crippen LogP contribution in [-0.4, -0.2) is 49.5 Å². The lowest BCUT2D eigenvalue weighted by molar-refractivity contribution is -0.154. The summed E-state index contributed by atoms with van der Waals surface area (Å²) >= 11 is 0. The van der Waals surface area contributed by atoms with E-state index in [-0.39, 0.29) is 24.3 Å². The van der Waals surface area contributed by atoms with Crippen LogP contribution in [0.5, 0.6) is 0 Å². The molecule has 2 fully saturated rings. The number of carbonyl (C=O) groups excluding carboxylic acids is 4. The van der Waals surface area contributed by atoms with Crippen molar-refractivity contribution < 1.29 is 33.4 Å². The lowest BCUT2D eigenvalue weighted by atomic mass is 9.65. The molecule has 9 heteroatoms. The Kier molecular flexibility index (Phi) is 3.70. The maximum Gasteiger partial charge on any atom is 0.354 e. The molecule has 0 aromatic heterocycles. The number of hydrogen-bond donors (Lipinski definition) is 0. The smallest absolute Gasteiger partial charge is 0.354 e. The summed E-state index contributed by atoms with van der Waals surface area (Å²) < 4.78 is 14.0. The van der Waals surface area contributed by atoms with Crippen LogP contribution in [0.25, 0.3) is 0 Å². The van der Waals surface area contributed by atoms with Crippen molar-refractivity contribution in [2.45, 2.75) is 12.8 Å². The highest BCUT2D eigenvalue weighted by Crippen LogP contribution is 2.45. The van der Waals surface area contributed by atoms with Gasteiger partial charge in [-0.1, -0.05) is 0 Å². The number of ether oxygens (including phenoxy) is 3. The molecule has 1 aliphatic carbocycles. The van der Waals surface area contributed by atoms with Gasteiger partial charge in [-0.15, -0.1) is 10.2 Å². The Labute approximate surface area is 130 Å². The molecule has 4 unspecified atom stereocenters. The molecule has 0 aromatic carbocycles. The predicted molar refractivity (Wildman–Crippen MR) is 73.2 cm³/mol. The number of hydrogen-bond acceptors (Lipinski definition) is 9. The van der Waals surface area contributed by atoms with Crippen molar-refractivity contribution in [1.29, 1.82) is 0 Å². The standard InChI is InChI=1S/C14H14N2O7/c1-21-13(19)9-5-3-7-8(12(18)23-11(7)17)4-6(5)10(16-15-9)14(20)22-2/h5-8H,3-4H2,1-2H3. The number of rotatable bonds is 2. The number of esters is 4. The summed E-state index contributed by atoms with van der Waals surface area (Å²) in [7, 11) is 2.41. The molecule has 0 amide bonds. The van der Waals surface area contributed by atoms with Gasteiger partial charge in [0.2, 0.25) is 0 Å². The second kappa shape index (κ2) is 5.56. The van der Waals surface area contributed by atoms with E-state index in [4.69, 9.17) is 0 Å². The van der Waals surface area contributed by atoms with Crippen molar-refractivity contribution in [1.82, 2.24) is 0 Å². The van der Waals surface area contributed by atoms with Crippen molar-refractivity contribution in [3.05, 3.63) is 0 Å². The van der Waals surface area contributed by atoms with E-state index in [0.29, 0.717) is 0 Å². The van der Waals surface area contributed by atoms with Crippen LogP contribution in [0.4, 0.5) is 0 Å². The van der Waals surface area contributed by atoms with E-state index in [1.807, 2.05) is 0 Å². The van der Waals surface area contributed by atoms with E-state index >= 15 is 0 Å². The normalized spacial score (nSPS) is 32.1. The zero-order valence-corrected chi connectivity index (χ0v) is 12.5. The first kappa shape index (κ1) is 15.3. The van der Waals surface area contributed by atoms with Crippen LogP contribution in [0.3, 0.4) is 0 Å². The summed E-state index contributed by atoms with van der Waals surface area (Å²) in [5, 5.41) is 7.57. The van der Waals surface area contributed by atoms with Gasteiger partial charge in [0.25, 0.3) is 0 Å². The number of methoxy groups -OCH3 is 2. The zero-order valence-electron chi connectivity index (χ0n) is 12.5. The number of nitrogens with zero attached hydrogens (tertiary/aromatic N) is 2. The minimum absolute atomic E-state index is 0.0377. The van der Waals surface area contributed by atoms with Crippen LogP contribution in [0.2, 0.25) is 0 Å². The Morgan fingerprint density at radius 3 is 1.61 bits per heavy atom. The fourth-order valence-electron chi connectivity index (χ4n) is 3.43. The quantitative estimate of drug-likeness (QED) is 0.381. The van der Waals surface area contributed by atoms with Gasteiger partial charge in [-0.2, -0.15) is 0 Å². The van der Waals surface area contributed by atoms with Crippen LogP contribution in [-0.2, 0) is 33.4 Å². The van der Waals surface area contributed by atoms with E-state index in [9.17, 15) is 19.2 Å². The lowest BCUT2D eigenvalue weighted by Crippen LogP contribution is -2.47. The van der Waals surface area contributed by atoms with E-state index < -0.39 is 47.5 Å². The predicted octanol–water partition coefficient (Wildman–Crippen LogP) is -0.515. The molecule has 2 heterocycles. The van der Waals surface area contributed by atoms with Crippen molar-refractivity contribution in [2.24, 2.45) is 33.9 Å². The molecule has 0 spiro atoms. The van der Waals surface area contributed by atoms with Gasteiger partial charge in [0, 0.05) is 11.8 Å². The number of fused-ring (bicyclic) bond motifs is 2. The van der Waals surface area contributed by atoms with E-state index in [1.54, 1.807) is 0 Å². The van der Waals surface area contributed by atoms with E-state index in [2.05, 4.69) is 24.4 Å². The molecule has 1 saturated carbocycles. The Morgan fingerprint density at radius 2 is 1.26 bits per heavy atom. The first-order chi connectivity index (χ1) is 11.0. The van der Waals surface area contributed by atoms with Crippen LogP contribution in [0.15, 0.2) is 10.2 Å². The zero-order chi connectivity index (χ0) is 16.7. The highest BCUT2D eigenvalue weighted by molar-refractivity contribution is 6.43. The molecule has 2 aliphatic heterocycles. The summed E-state index contributed by atoms with van der Waals surface area (Å²) in [6, 6.07) is 0. The van der Waals surface area contributed by atoms with Crippen molar-refractivity contribution in [3.63, 3.8) is 0 Å². The molecule has 9 nitrogen and oxygen atoms in total. The second-order valence-corrected chi connectivity index (χ2v) is 5.59. The molecule has 0 bridgehead atoms. The highest BCUT2D eigenvalue weighted by Gasteiger charge is 2.55. The van der Waals surface area contributed by atoms with Gasteiger partial charge in [-0.3, -0.25) is 9.59 Å². The maximum absolute atomic E-state index is 11.9. The largest absolute Gasteiger partial charge is 0.464 e. The van der Waals surface area contributed by atoms with Crippen LogP contribution in [0.1, 0.15) is 12.8 Å². The summed E-state index contributed by atoms with van der Waals surface area (Å²) in [5.74, 6) is -4.95. The molecule has 3 rings (SSSR count). The van der Waals surface area contributed by atoms with Crippen LogP contribution >= 0.6 is 0 Å². The van der Waals surface area contributed by atoms with Crippen molar-refractivity contribution in [3.8, 4) is 0 Å². The van der Waals surface area contributed by atoms with Gasteiger partial charge in [0.1, 0.15) is 0 Å². The number of cyclic esters (lactones) is 2.